The minimum Gasteiger partial charge on any atom is -0.354 e. The predicted molar refractivity (Wildman–Crippen MR) is 98.7 cm³/mol. The maximum Gasteiger partial charge on any atom is 0.416 e. The highest BCUT2D eigenvalue weighted by Crippen LogP contribution is 2.38. The van der Waals surface area contributed by atoms with Gasteiger partial charge in [-0.15, -0.1) is 0 Å². The summed E-state index contributed by atoms with van der Waals surface area (Å²) < 4.78 is 78.5. The van der Waals surface area contributed by atoms with E-state index in [2.05, 4.69) is 5.32 Å². The monoisotopic (exact) mass is 444 g/mol. The number of halogens is 6. The Kier molecular flexibility index (Phi) is 6.56. The van der Waals surface area contributed by atoms with Crippen LogP contribution in [0.25, 0.3) is 0 Å². The molecule has 1 atom stereocenters. The molecule has 0 aromatic heterocycles. The average Bonchev–Trinajstić information content (AvgIpc) is 2.95. The zero-order chi connectivity index (χ0) is 22.8. The number of alkyl halides is 5. The SMILES string of the molecule is O=C(NCCCC(F)F)C1c2cc(F)ccc2C(=O)N1Cc1ccccc1C(F)(F)F. The van der Waals surface area contributed by atoms with Gasteiger partial charge in [0.2, 0.25) is 12.3 Å². The van der Waals surface area contributed by atoms with Gasteiger partial charge in [0.1, 0.15) is 11.9 Å². The molecule has 0 radical (unpaired) electrons. The molecule has 166 valence electrons. The summed E-state index contributed by atoms with van der Waals surface area (Å²) in [5.41, 5.74) is -1.17. The summed E-state index contributed by atoms with van der Waals surface area (Å²) >= 11 is 0. The molecule has 0 fully saturated rings. The summed E-state index contributed by atoms with van der Waals surface area (Å²) in [4.78, 5) is 26.5. The number of benzene rings is 2. The van der Waals surface area contributed by atoms with E-state index in [4.69, 9.17) is 0 Å². The first-order valence-corrected chi connectivity index (χ1v) is 9.41. The lowest BCUT2D eigenvalue weighted by Gasteiger charge is -2.26. The van der Waals surface area contributed by atoms with E-state index in [1.54, 1.807) is 0 Å². The first-order valence-electron chi connectivity index (χ1n) is 9.41. The topological polar surface area (TPSA) is 49.4 Å². The lowest BCUT2D eigenvalue weighted by atomic mass is 10.0. The predicted octanol–water partition coefficient (Wildman–Crippen LogP) is 4.70. The largest absolute Gasteiger partial charge is 0.416 e. The molecule has 4 nitrogen and oxygen atoms in total. The molecular formula is C21H18F6N2O2. The number of carbonyl (C=O) groups excluding carboxylic acids is 2. The van der Waals surface area contributed by atoms with Gasteiger partial charge in [-0.3, -0.25) is 9.59 Å². The van der Waals surface area contributed by atoms with Crippen LogP contribution in [0.4, 0.5) is 26.3 Å². The Morgan fingerprint density at radius 1 is 1.13 bits per heavy atom. The molecule has 2 amide bonds. The van der Waals surface area contributed by atoms with Crippen LogP contribution >= 0.6 is 0 Å². The second kappa shape index (κ2) is 8.99. The van der Waals surface area contributed by atoms with Crippen LogP contribution in [-0.4, -0.2) is 29.7 Å². The summed E-state index contributed by atoms with van der Waals surface area (Å²) in [5.74, 6) is -2.23. The van der Waals surface area contributed by atoms with Crippen molar-refractivity contribution in [2.75, 3.05) is 6.54 Å². The average molecular weight is 444 g/mol. The fourth-order valence-corrected chi connectivity index (χ4v) is 3.52. The van der Waals surface area contributed by atoms with E-state index in [9.17, 15) is 35.9 Å². The zero-order valence-electron chi connectivity index (χ0n) is 16.1. The molecule has 0 saturated heterocycles. The molecule has 1 aliphatic heterocycles. The minimum atomic E-state index is -4.68. The third-order valence-corrected chi connectivity index (χ3v) is 4.92. The molecule has 1 N–H and O–H groups in total. The number of nitrogens with zero attached hydrogens (tertiary/aromatic N) is 1. The second-order valence-electron chi connectivity index (χ2n) is 7.05. The highest BCUT2D eigenvalue weighted by atomic mass is 19.4. The Labute approximate surface area is 173 Å². The molecule has 1 unspecified atom stereocenters. The summed E-state index contributed by atoms with van der Waals surface area (Å²) in [7, 11) is 0. The van der Waals surface area contributed by atoms with E-state index in [0.29, 0.717) is 0 Å². The van der Waals surface area contributed by atoms with Crippen LogP contribution < -0.4 is 5.32 Å². The van der Waals surface area contributed by atoms with E-state index in [1.165, 1.54) is 24.3 Å². The lowest BCUT2D eigenvalue weighted by molar-refractivity contribution is -0.138. The van der Waals surface area contributed by atoms with E-state index in [0.717, 1.165) is 23.1 Å². The normalized spacial score (nSPS) is 16.0. The van der Waals surface area contributed by atoms with Crippen LogP contribution in [0.15, 0.2) is 42.5 Å². The molecule has 31 heavy (non-hydrogen) atoms. The fraction of sp³-hybridized carbons (Fsp3) is 0.333. The first kappa shape index (κ1) is 22.6. The van der Waals surface area contributed by atoms with Gasteiger partial charge in [0.05, 0.1) is 5.56 Å². The quantitative estimate of drug-likeness (QED) is 0.497. The number of carbonyl (C=O) groups is 2. The molecule has 2 aromatic carbocycles. The van der Waals surface area contributed by atoms with Crippen molar-refractivity contribution in [1.82, 2.24) is 10.2 Å². The second-order valence-corrected chi connectivity index (χ2v) is 7.05. The molecular weight excluding hydrogens is 426 g/mol. The number of hydrogen-bond acceptors (Lipinski definition) is 2. The molecule has 1 heterocycles. The first-order chi connectivity index (χ1) is 14.6. The molecule has 0 saturated carbocycles. The Hall–Kier alpha value is -3.04. The van der Waals surface area contributed by atoms with Gasteiger partial charge < -0.3 is 10.2 Å². The standard InChI is InChI=1S/C21H18F6N2O2/c22-13-7-8-14-15(10-13)18(19(30)28-9-3-6-17(23)24)29(20(14)31)11-12-4-1-2-5-16(12)21(25,26)27/h1-2,4-5,7-8,10,17-18H,3,6,9,11H2,(H,28,30). The van der Waals surface area contributed by atoms with Gasteiger partial charge >= 0.3 is 6.18 Å². The number of rotatable bonds is 7. The van der Waals surface area contributed by atoms with Crippen molar-refractivity contribution in [3.05, 3.63) is 70.5 Å². The minimum absolute atomic E-state index is 0.00128. The van der Waals surface area contributed by atoms with Gasteiger partial charge in [-0.25, -0.2) is 13.2 Å². The van der Waals surface area contributed by atoms with E-state index >= 15 is 0 Å². The molecule has 10 heteroatoms. The molecule has 2 aromatic rings. The fourth-order valence-electron chi connectivity index (χ4n) is 3.52. The summed E-state index contributed by atoms with van der Waals surface area (Å²) in [6.07, 6.45) is -7.70. The lowest BCUT2D eigenvalue weighted by Crippen LogP contribution is -2.39. The van der Waals surface area contributed by atoms with Gasteiger partial charge in [0.15, 0.2) is 0 Å². The van der Waals surface area contributed by atoms with E-state index < -0.39 is 54.8 Å². The Morgan fingerprint density at radius 3 is 2.52 bits per heavy atom. The summed E-state index contributed by atoms with van der Waals surface area (Å²) in [6.45, 7) is -0.661. The van der Waals surface area contributed by atoms with Crippen LogP contribution in [0.1, 0.15) is 45.9 Å². The van der Waals surface area contributed by atoms with Gasteiger partial charge in [0.25, 0.3) is 5.91 Å². The van der Waals surface area contributed by atoms with E-state index in [-0.39, 0.29) is 29.7 Å². The zero-order valence-corrected chi connectivity index (χ0v) is 16.1. The van der Waals surface area contributed by atoms with Gasteiger partial charge in [0, 0.05) is 25.1 Å². The van der Waals surface area contributed by atoms with Crippen LogP contribution in [0.3, 0.4) is 0 Å². The summed E-state index contributed by atoms with van der Waals surface area (Å²) in [5, 5.41) is 2.41. The highest BCUT2D eigenvalue weighted by molar-refractivity contribution is 6.04. The number of hydrogen-bond donors (Lipinski definition) is 1. The number of fused-ring (bicyclic) bond motifs is 1. The summed E-state index contributed by atoms with van der Waals surface area (Å²) in [6, 6.07) is 6.41. The van der Waals surface area contributed by atoms with Crippen molar-refractivity contribution in [3.63, 3.8) is 0 Å². The van der Waals surface area contributed by atoms with Crippen LogP contribution in [0, 0.1) is 5.82 Å². The molecule has 0 spiro atoms. The van der Waals surface area contributed by atoms with E-state index in [1.807, 2.05) is 0 Å². The van der Waals surface area contributed by atoms with Crippen LogP contribution in [-0.2, 0) is 17.5 Å². The van der Waals surface area contributed by atoms with Crippen molar-refractivity contribution in [2.24, 2.45) is 0 Å². The number of nitrogens with one attached hydrogen (secondary N) is 1. The maximum atomic E-state index is 13.8. The molecule has 3 rings (SSSR count). The van der Waals surface area contributed by atoms with Crippen molar-refractivity contribution >= 4 is 11.8 Å². The smallest absolute Gasteiger partial charge is 0.354 e. The van der Waals surface area contributed by atoms with Gasteiger partial charge in [-0.2, -0.15) is 13.2 Å². The van der Waals surface area contributed by atoms with Crippen molar-refractivity contribution in [1.29, 1.82) is 0 Å². The van der Waals surface area contributed by atoms with Gasteiger partial charge in [-0.1, -0.05) is 18.2 Å². The molecule has 0 bridgehead atoms. The third-order valence-electron chi connectivity index (χ3n) is 4.92. The Morgan fingerprint density at radius 2 is 1.84 bits per heavy atom. The van der Waals surface area contributed by atoms with Crippen molar-refractivity contribution in [2.45, 2.75) is 38.0 Å². The highest BCUT2D eigenvalue weighted by Gasteiger charge is 2.42. The Balaban J connectivity index is 1.91. The van der Waals surface area contributed by atoms with Gasteiger partial charge in [-0.05, 0) is 41.8 Å². The molecule has 1 aliphatic rings. The Bertz CT molecular complexity index is 977. The van der Waals surface area contributed by atoms with Crippen LogP contribution in [0.5, 0.6) is 0 Å². The van der Waals surface area contributed by atoms with Crippen molar-refractivity contribution < 1.29 is 35.9 Å². The van der Waals surface area contributed by atoms with Crippen LogP contribution in [0.2, 0.25) is 0 Å². The molecule has 0 aliphatic carbocycles. The third kappa shape index (κ3) is 5.00. The van der Waals surface area contributed by atoms with Crippen molar-refractivity contribution in [3.8, 4) is 0 Å². The number of amides is 2. The maximum absolute atomic E-state index is 13.8.